The van der Waals surface area contributed by atoms with Crippen molar-refractivity contribution >= 4 is 17.3 Å². The number of nitrogens with two attached hydrogens (primary N) is 1. The fourth-order valence-electron chi connectivity index (χ4n) is 1.91. The first-order valence-electron chi connectivity index (χ1n) is 6.17. The van der Waals surface area contributed by atoms with Gasteiger partial charge in [0.1, 0.15) is 11.6 Å². The summed E-state index contributed by atoms with van der Waals surface area (Å²) in [6, 6.07) is 7.90. The lowest BCUT2D eigenvalue weighted by atomic mass is 10.1. The third kappa shape index (κ3) is 3.28. The van der Waals surface area contributed by atoms with Crippen molar-refractivity contribution in [2.75, 3.05) is 18.2 Å². The molecule has 2 rings (SSSR count). The van der Waals surface area contributed by atoms with Crippen LogP contribution in [0.25, 0.3) is 0 Å². The second kappa shape index (κ2) is 6.21. The second-order valence-electron chi connectivity index (χ2n) is 4.35. The smallest absolute Gasteiger partial charge is 0.340 e. The van der Waals surface area contributed by atoms with Crippen LogP contribution in [0.4, 0.5) is 20.2 Å². The molecule has 0 atom stereocenters. The highest BCUT2D eigenvalue weighted by atomic mass is 19.1. The summed E-state index contributed by atoms with van der Waals surface area (Å²) >= 11 is 0. The molecule has 0 fully saturated rings. The van der Waals surface area contributed by atoms with Crippen LogP contribution < -0.4 is 11.1 Å². The lowest BCUT2D eigenvalue weighted by molar-refractivity contribution is 0.0602. The maximum atomic E-state index is 13.6. The van der Waals surface area contributed by atoms with Crippen LogP contribution in [0.2, 0.25) is 0 Å². The molecule has 110 valence electrons. The minimum absolute atomic E-state index is 0.0121. The topological polar surface area (TPSA) is 64.3 Å². The van der Waals surface area contributed by atoms with Crippen LogP contribution in [-0.4, -0.2) is 13.1 Å². The lowest BCUT2D eigenvalue weighted by Gasteiger charge is -2.13. The molecule has 0 unspecified atom stereocenters. The minimum atomic E-state index is -0.565. The van der Waals surface area contributed by atoms with Gasteiger partial charge in [-0.3, -0.25) is 0 Å². The number of methoxy groups -OCH3 is 1. The number of carbonyl (C=O) groups excluding carboxylic acids is 1. The standard InChI is InChI=1S/C15H14F2N2O2/c1-21-15(20)11-3-2-4-13(18)14(11)19-8-9-7-10(16)5-6-12(9)17/h2-7,19H,8,18H2,1H3. The van der Waals surface area contributed by atoms with Gasteiger partial charge in [0.15, 0.2) is 0 Å². The molecule has 0 aliphatic rings. The third-order valence-electron chi connectivity index (χ3n) is 2.97. The molecule has 0 bridgehead atoms. The lowest BCUT2D eigenvalue weighted by Crippen LogP contribution is -2.11. The fraction of sp³-hybridized carbons (Fsp3) is 0.133. The van der Waals surface area contributed by atoms with Crippen molar-refractivity contribution in [2.45, 2.75) is 6.54 Å². The molecular formula is C15H14F2N2O2. The monoisotopic (exact) mass is 292 g/mol. The number of halogens is 2. The van der Waals surface area contributed by atoms with Gasteiger partial charge < -0.3 is 15.8 Å². The Balaban J connectivity index is 2.27. The van der Waals surface area contributed by atoms with Gasteiger partial charge in [-0.1, -0.05) is 6.07 Å². The maximum absolute atomic E-state index is 13.6. The maximum Gasteiger partial charge on any atom is 0.340 e. The van der Waals surface area contributed by atoms with Crippen LogP contribution >= 0.6 is 0 Å². The van der Waals surface area contributed by atoms with E-state index in [1.165, 1.54) is 13.2 Å². The summed E-state index contributed by atoms with van der Waals surface area (Å²) in [5, 5.41) is 2.85. The van der Waals surface area contributed by atoms with Crippen LogP contribution in [0.15, 0.2) is 36.4 Å². The molecule has 0 amide bonds. The van der Waals surface area contributed by atoms with E-state index in [4.69, 9.17) is 5.73 Å². The molecule has 0 heterocycles. The third-order valence-corrected chi connectivity index (χ3v) is 2.97. The Bertz CT molecular complexity index is 675. The summed E-state index contributed by atoms with van der Waals surface area (Å²) in [5.74, 6) is -1.65. The van der Waals surface area contributed by atoms with Gasteiger partial charge in [0.05, 0.1) is 24.0 Å². The number of hydrogen-bond acceptors (Lipinski definition) is 4. The predicted octanol–water partition coefficient (Wildman–Crippen LogP) is 2.95. The summed E-state index contributed by atoms with van der Waals surface area (Å²) < 4.78 is 31.3. The van der Waals surface area contributed by atoms with Gasteiger partial charge in [0.25, 0.3) is 0 Å². The van der Waals surface area contributed by atoms with Crippen molar-refractivity contribution in [3.63, 3.8) is 0 Å². The van der Waals surface area contributed by atoms with Crippen LogP contribution in [0, 0.1) is 11.6 Å². The van der Waals surface area contributed by atoms with Crippen LogP contribution in [-0.2, 0) is 11.3 Å². The number of rotatable bonds is 4. The molecule has 0 saturated carbocycles. The number of anilines is 2. The van der Waals surface area contributed by atoms with E-state index in [1.54, 1.807) is 12.1 Å². The molecule has 21 heavy (non-hydrogen) atoms. The molecule has 6 heteroatoms. The average Bonchev–Trinajstić information content (AvgIpc) is 2.48. The molecule has 4 nitrogen and oxygen atoms in total. The SMILES string of the molecule is COC(=O)c1cccc(N)c1NCc1cc(F)ccc1F. The van der Waals surface area contributed by atoms with Crippen LogP contribution in [0.3, 0.4) is 0 Å². The number of ether oxygens (including phenoxy) is 1. The Morgan fingerprint density at radius 3 is 2.76 bits per heavy atom. The predicted molar refractivity (Wildman–Crippen MR) is 75.9 cm³/mol. The molecule has 0 aliphatic carbocycles. The summed E-state index contributed by atoms with van der Waals surface area (Å²) in [4.78, 5) is 11.7. The molecule has 0 radical (unpaired) electrons. The number of carbonyl (C=O) groups is 1. The van der Waals surface area contributed by atoms with Crippen LogP contribution in [0.5, 0.6) is 0 Å². The molecule has 0 spiro atoms. The molecule has 2 aromatic rings. The number of benzene rings is 2. The molecular weight excluding hydrogens is 278 g/mol. The van der Waals surface area contributed by atoms with Gasteiger partial charge in [-0.25, -0.2) is 13.6 Å². The van der Waals surface area contributed by atoms with Crippen LogP contribution in [0.1, 0.15) is 15.9 Å². The zero-order chi connectivity index (χ0) is 15.4. The van der Waals surface area contributed by atoms with Gasteiger partial charge in [0.2, 0.25) is 0 Å². The van der Waals surface area contributed by atoms with E-state index in [0.29, 0.717) is 11.4 Å². The highest BCUT2D eigenvalue weighted by molar-refractivity contribution is 5.98. The Kier molecular flexibility index (Phi) is 4.37. The summed E-state index contributed by atoms with van der Waals surface area (Å²) in [7, 11) is 1.25. The first-order valence-corrected chi connectivity index (χ1v) is 6.17. The Morgan fingerprint density at radius 2 is 2.05 bits per heavy atom. The number of nitrogens with one attached hydrogen (secondary N) is 1. The van der Waals surface area contributed by atoms with Gasteiger partial charge in [-0.05, 0) is 30.3 Å². The van der Waals surface area contributed by atoms with Crippen molar-refractivity contribution in [1.29, 1.82) is 0 Å². The largest absolute Gasteiger partial charge is 0.465 e. The highest BCUT2D eigenvalue weighted by Crippen LogP contribution is 2.25. The van der Waals surface area contributed by atoms with E-state index in [-0.39, 0.29) is 17.7 Å². The Morgan fingerprint density at radius 1 is 1.29 bits per heavy atom. The normalized spacial score (nSPS) is 10.2. The quantitative estimate of drug-likeness (QED) is 0.671. The average molecular weight is 292 g/mol. The molecule has 0 saturated heterocycles. The number of esters is 1. The summed E-state index contributed by atoms with van der Waals surface area (Å²) in [6.45, 7) is -0.0121. The zero-order valence-electron chi connectivity index (χ0n) is 11.3. The van der Waals surface area contributed by atoms with E-state index in [1.807, 2.05) is 0 Å². The highest BCUT2D eigenvalue weighted by Gasteiger charge is 2.14. The van der Waals surface area contributed by atoms with E-state index < -0.39 is 17.6 Å². The molecule has 2 aromatic carbocycles. The Labute approximate surface area is 120 Å². The Hall–Kier alpha value is -2.63. The van der Waals surface area contributed by atoms with Crippen molar-refractivity contribution in [3.05, 3.63) is 59.2 Å². The molecule has 0 aliphatic heterocycles. The first-order chi connectivity index (χ1) is 10.0. The minimum Gasteiger partial charge on any atom is -0.465 e. The number of para-hydroxylation sites is 1. The molecule has 3 N–H and O–H groups in total. The zero-order valence-corrected chi connectivity index (χ0v) is 11.3. The van der Waals surface area contributed by atoms with E-state index >= 15 is 0 Å². The van der Waals surface area contributed by atoms with E-state index in [2.05, 4.69) is 10.1 Å². The van der Waals surface area contributed by atoms with Crippen molar-refractivity contribution in [3.8, 4) is 0 Å². The number of nitrogen functional groups attached to an aromatic ring is 1. The van der Waals surface area contributed by atoms with Crippen molar-refractivity contribution < 1.29 is 18.3 Å². The summed E-state index contributed by atoms with van der Waals surface area (Å²) in [6.07, 6.45) is 0. The van der Waals surface area contributed by atoms with E-state index in [9.17, 15) is 13.6 Å². The van der Waals surface area contributed by atoms with Crippen molar-refractivity contribution in [2.24, 2.45) is 0 Å². The molecule has 0 aromatic heterocycles. The van der Waals surface area contributed by atoms with Gasteiger partial charge in [-0.2, -0.15) is 0 Å². The van der Waals surface area contributed by atoms with Crippen molar-refractivity contribution in [1.82, 2.24) is 0 Å². The van der Waals surface area contributed by atoms with Gasteiger partial charge in [-0.15, -0.1) is 0 Å². The van der Waals surface area contributed by atoms with Gasteiger partial charge >= 0.3 is 5.97 Å². The second-order valence-corrected chi connectivity index (χ2v) is 4.35. The number of hydrogen-bond donors (Lipinski definition) is 2. The summed E-state index contributed by atoms with van der Waals surface area (Å²) in [5.41, 5.74) is 6.81. The fourth-order valence-corrected chi connectivity index (χ4v) is 1.91. The first kappa shape index (κ1) is 14.8. The van der Waals surface area contributed by atoms with Gasteiger partial charge in [0, 0.05) is 12.1 Å². The van der Waals surface area contributed by atoms with E-state index in [0.717, 1.165) is 18.2 Å².